The Morgan fingerprint density at radius 2 is 0.589 bits per heavy atom. The number of ether oxygens (including phenoxy) is 3. The maximum absolute atomic E-state index is 12.7. The van der Waals surface area contributed by atoms with Crippen molar-refractivity contribution in [3.05, 3.63) is 0 Å². The SMILES string of the molecule is CCCCCCCCCC(=O)OC[C@@H](COC(=O)CCCCCCCCCCCCCCCCCCCCC(C)C)OC(=O)CCCCCCCCCC(C)C. The lowest BCUT2D eigenvalue weighted by Gasteiger charge is -2.18. The molecule has 0 bridgehead atoms. The van der Waals surface area contributed by atoms with Crippen molar-refractivity contribution >= 4 is 17.9 Å². The Labute approximate surface area is 348 Å². The molecule has 0 aliphatic carbocycles. The van der Waals surface area contributed by atoms with E-state index in [1.807, 2.05) is 0 Å². The lowest BCUT2D eigenvalue weighted by molar-refractivity contribution is -0.167. The van der Waals surface area contributed by atoms with E-state index in [2.05, 4.69) is 34.6 Å². The number of unbranched alkanes of at least 4 members (excludes halogenated alkanes) is 29. The zero-order valence-corrected chi connectivity index (χ0v) is 38.3. The van der Waals surface area contributed by atoms with E-state index in [4.69, 9.17) is 14.2 Å². The molecule has 0 aromatic carbocycles. The first-order chi connectivity index (χ1) is 27.2. The minimum Gasteiger partial charge on any atom is -0.462 e. The second kappa shape index (κ2) is 43.0. The van der Waals surface area contributed by atoms with Crippen LogP contribution in [0.5, 0.6) is 0 Å². The number of hydrogen-bond donors (Lipinski definition) is 0. The average Bonchev–Trinajstić information content (AvgIpc) is 3.16. The topological polar surface area (TPSA) is 78.9 Å². The summed E-state index contributed by atoms with van der Waals surface area (Å²) in [5.41, 5.74) is 0. The molecule has 0 aromatic heterocycles. The summed E-state index contributed by atoms with van der Waals surface area (Å²) in [5, 5.41) is 0. The Bertz CT molecular complexity index is 854. The molecule has 0 aliphatic heterocycles. The van der Waals surface area contributed by atoms with Gasteiger partial charge in [-0.1, -0.05) is 234 Å². The van der Waals surface area contributed by atoms with E-state index < -0.39 is 6.10 Å². The highest BCUT2D eigenvalue weighted by atomic mass is 16.6. The van der Waals surface area contributed by atoms with E-state index in [1.54, 1.807) is 0 Å². The third-order valence-corrected chi connectivity index (χ3v) is 11.2. The molecule has 0 fully saturated rings. The van der Waals surface area contributed by atoms with Crippen LogP contribution in [0, 0.1) is 11.8 Å². The van der Waals surface area contributed by atoms with Crippen LogP contribution in [0.4, 0.5) is 0 Å². The van der Waals surface area contributed by atoms with Crippen molar-refractivity contribution in [3.8, 4) is 0 Å². The van der Waals surface area contributed by atoms with Crippen LogP contribution in [-0.2, 0) is 28.6 Å². The van der Waals surface area contributed by atoms with Gasteiger partial charge in [0.2, 0.25) is 0 Å². The molecule has 0 saturated heterocycles. The second-order valence-electron chi connectivity index (χ2n) is 18.1. The van der Waals surface area contributed by atoms with Crippen LogP contribution in [0.3, 0.4) is 0 Å². The quantitative estimate of drug-likeness (QED) is 0.0347. The fourth-order valence-electron chi connectivity index (χ4n) is 7.46. The van der Waals surface area contributed by atoms with Gasteiger partial charge in [0.1, 0.15) is 13.2 Å². The molecule has 0 unspecified atom stereocenters. The lowest BCUT2D eigenvalue weighted by atomic mass is 10.0. The van der Waals surface area contributed by atoms with Crippen LogP contribution >= 0.6 is 0 Å². The predicted octanol–water partition coefficient (Wildman–Crippen LogP) is 15.8. The summed E-state index contributed by atoms with van der Waals surface area (Å²) in [6.07, 6.45) is 42.6. The van der Waals surface area contributed by atoms with Crippen molar-refractivity contribution in [3.63, 3.8) is 0 Å². The number of hydrogen-bond acceptors (Lipinski definition) is 6. The summed E-state index contributed by atoms with van der Waals surface area (Å²) in [5.74, 6) is 0.775. The monoisotopic (exact) mass is 793 g/mol. The van der Waals surface area contributed by atoms with E-state index in [-0.39, 0.29) is 31.1 Å². The molecule has 0 spiro atoms. The van der Waals surface area contributed by atoms with E-state index in [9.17, 15) is 14.4 Å². The van der Waals surface area contributed by atoms with Gasteiger partial charge < -0.3 is 14.2 Å². The van der Waals surface area contributed by atoms with Gasteiger partial charge in [0.25, 0.3) is 0 Å². The number of rotatable bonds is 44. The third kappa shape index (κ3) is 43.5. The second-order valence-corrected chi connectivity index (χ2v) is 18.1. The fourth-order valence-corrected chi connectivity index (χ4v) is 7.46. The number of carbonyl (C=O) groups is 3. The molecular formula is C50H96O6. The van der Waals surface area contributed by atoms with Crippen molar-refractivity contribution in [1.29, 1.82) is 0 Å². The molecule has 0 N–H and O–H groups in total. The van der Waals surface area contributed by atoms with Gasteiger partial charge in [0.15, 0.2) is 6.10 Å². The Morgan fingerprint density at radius 3 is 0.875 bits per heavy atom. The minimum absolute atomic E-state index is 0.0651. The highest BCUT2D eigenvalue weighted by Crippen LogP contribution is 2.17. The molecular weight excluding hydrogens is 697 g/mol. The Hall–Kier alpha value is -1.59. The van der Waals surface area contributed by atoms with E-state index >= 15 is 0 Å². The van der Waals surface area contributed by atoms with Gasteiger partial charge in [-0.05, 0) is 31.1 Å². The zero-order chi connectivity index (χ0) is 41.2. The molecule has 0 aliphatic rings. The first-order valence-corrected chi connectivity index (χ1v) is 24.7. The van der Waals surface area contributed by atoms with Crippen molar-refractivity contribution in [2.24, 2.45) is 11.8 Å². The number of esters is 3. The van der Waals surface area contributed by atoms with E-state index in [0.717, 1.165) is 69.6 Å². The lowest BCUT2D eigenvalue weighted by Crippen LogP contribution is -2.30. The maximum Gasteiger partial charge on any atom is 0.306 e. The molecule has 1 atom stereocenters. The highest BCUT2D eigenvalue weighted by molar-refractivity contribution is 5.71. The first kappa shape index (κ1) is 54.4. The van der Waals surface area contributed by atoms with Crippen molar-refractivity contribution in [2.45, 2.75) is 278 Å². The summed E-state index contributed by atoms with van der Waals surface area (Å²) >= 11 is 0. The molecule has 6 nitrogen and oxygen atoms in total. The molecule has 332 valence electrons. The summed E-state index contributed by atoms with van der Waals surface area (Å²) in [7, 11) is 0. The summed E-state index contributed by atoms with van der Waals surface area (Å²) < 4.78 is 16.7. The first-order valence-electron chi connectivity index (χ1n) is 24.7. The molecule has 0 heterocycles. The standard InChI is InChI=1S/C50H96O6/c1-6-7-8-9-23-30-35-40-48(51)54-43-47(56-50(53)42-37-32-27-22-25-29-34-39-46(4)5)44-55-49(52)41-36-31-26-21-19-17-15-13-11-10-12-14-16-18-20-24-28-33-38-45(2)3/h45-47H,6-44H2,1-5H3/t47-/m0/s1. The van der Waals surface area contributed by atoms with Crippen LogP contribution in [0.1, 0.15) is 272 Å². The van der Waals surface area contributed by atoms with Gasteiger partial charge in [0, 0.05) is 19.3 Å². The Morgan fingerprint density at radius 1 is 0.339 bits per heavy atom. The largest absolute Gasteiger partial charge is 0.462 e. The van der Waals surface area contributed by atoms with Crippen LogP contribution in [0.15, 0.2) is 0 Å². The van der Waals surface area contributed by atoms with Crippen LogP contribution in [-0.4, -0.2) is 37.2 Å². The van der Waals surface area contributed by atoms with Crippen molar-refractivity contribution < 1.29 is 28.6 Å². The molecule has 0 radical (unpaired) electrons. The van der Waals surface area contributed by atoms with Gasteiger partial charge in [-0.25, -0.2) is 0 Å². The van der Waals surface area contributed by atoms with Gasteiger partial charge in [-0.3, -0.25) is 14.4 Å². The van der Waals surface area contributed by atoms with Gasteiger partial charge in [-0.2, -0.15) is 0 Å². The molecule has 0 amide bonds. The molecule has 0 rings (SSSR count). The summed E-state index contributed by atoms with van der Waals surface area (Å²) in [6.45, 7) is 11.3. The molecule has 6 heteroatoms. The zero-order valence-electron chi connectivity index (χ0n) is 38.3. The third-order valence-electron chi connectivity index (χ3n) is 11.2. The van der Waals surface area contributed by atoms with Crippen molar-refractivity contribution in [2.75, 3.05) is 13.2 Å². The van der Waals surface area contributed by atoms with Crippen LogP contribution in [0.2, 0.25) is 0 Å². The smallest absolute Gasteiger partial charge is 0.306 e. The van der Waals surface area contributed by atoms with Gasteiger partial charge in [-0.15, -0.1) is 0 Å². The molecule has 0 aromatic rings. The van der Waals surface area contributed by atoms with E-state index in [0.29, 0.717) is 19.3 Å². The summed E-state index contributed by atoms with van der Waals surface area (Å²) in [4.78, 5) is 37.6. The summed E-state index contributed by atoms with van der Waals surface area (Å²) in [6, 6.07) is 0. The van der Waals surface area contributed by atoms with Crippen LogP contribution < -0.4 is 0 Å². The fraction of sp³-hybridized carbons (Fsp3) is 0.940. The highest BCUT2D eigenvalue weighted by Gasteiger charge is 2.19. The predicted molar refractivity (Wildman–Crippen MR) is 238 cm³/mol. The van der Waals surface area contributed by atoms with E-state index in [1.165, 1.54) is 161 Å². The van der Waals surface area contributed by atoms with Crippen molar-refractivity contribution in [1.82, 2.24) is 0 Å². The number of carbonyl (C=O) groups excluding carboxylic acids is 3. The molecule has 0 saturated carbocycles. The van der Waals surface area contributed by atoms with Gasteiger partial charge in [0.05, 0.1) is 0 Å². The van der Waals surface area contributed by atoms with Crippen LogP contribution in [0.25, 0.3) is 0 Å². The minimum atomic E-state index is -0.760. The normalized spacial score (nSPS) is 12.1. The Kier molecular flexibility index (Phi) is 41.8. The Balaban J connectivity index is 4.10. The van der Waals surface area contributed by atoms with Gasteiger partial charge >= 0.3 is 17.9 Å². The maximum atomic E-state index is 12.7. The molecule has 56 heavy (non-hydrogen) atoms. The average molecular weight is 793 g/mol.